The molecule has 0 rings (SSSR count). The second-order valence-corrected chi connectivity index (χ2v) is 16.7. The number of carbonyl (C=O) groups excluding carboxylic acids is 1. The molecule has 0 bridgehead atoms. The molecule has 0 aliphatic carbocycles. The van der Waals surface area contributed by atoms with E-state index in [4.69, 9.17) is 62.3 Å². The van der Waals surface area contributed by atoms with Crippen LogP contribution in [0.25, 0.3) is 0 Å². The van der Waals surface area contributed by atoms with Crippen molar-refractivity contribution in [1.82, 2.24) is 14.0 Å². The number of carbonyl (C=O) groups is 2. The van der Waals surface area contributed by atoms with E-state index in [1.54, 1.807) is 27.9 Å². The minimum absolute atomic E-state index is 0. The van der Waals surface area contributed by atoms with Crippen LogP contribution >= 0.6 is 83.4 Å². The van der Waals surface area contributed by atoms with Gasteiger partial charge in [0.25, 0.3) is 10.9 Å². The van der Waals surface area contributed by atoms with Crippen molar-refractivity contribution < 1.29 is 58.1 Å². The summed E-state index contributed by atoms with van der Waals surface area (Å²) in [7, 11) is 4.76. The number of carboxylic acids is 1. The Morgan fingerprint density at radius 2 is 1.13 bits per heavy atom. The minimum Gasteiger partial charge on any atom is -0.740 e. The van der Waals surface area contributed by atoms with E-state index in [9.17, 15) is 13.8 Å². The van der Waals surface area contributed by atoms with Crippen molar-refractivity contribution in [2.45, 2.75) is 154 Å². The maximum absolute atomic E-state index is 10.9. The number of thioether (sulfide) groups is 1. The zero-order chi connectivity index (χ0) is 41.1. The average Bonchev–Trinajstić information content (AvgIpc) is 3.05. The van der Waals surface area contributed by atoms with Crippen LogP contribution in [-0.4, -0.2) is 72.5 Å². The van der Waals surface area contributed by atoms with Gasteiger partial charge in [-0.25, -0.2) is 0 Å². The number of rotatable bonds is 15. The first-order chi connectivity index (χ1) is 23.1. The van der Waals surface area contributed by atoms with Gasteiger partial charge < -0.3 is 58.3 Å². The summed E-state index contributed by atoms with van der Waals surface area (Å²) in [6.45, 7) is 16.0. The zero-order valence-electron chi connectivity index (χ0n) is 33.8. The van der Waals surface area contributed by atoms with Gasteiger partial charge >= 0.3 is 35.5 Å². The maximum Gasteiger partial charge on any atom is 1.00 e. The largest absolute Gasteiger partial charge is 1.00 e. The number of carboxylic acid groups (broad SMARTS) is 1. The van der Waals surface area contributed by atoms with Gasteiger partial charge in [0.2, 0.25) is 0 Å². The van der Waals surface area contributed by atoms with Gasteiger partial charge in [-0.15, -0.1) is 12.4 Å². The number of alkyl halides is 3. The molecule has 0 fully saturated rings. The third kappa shape index (κ3) is 84.0. The van der Waals surface area contributed by atoms with Crippen molar-refractivity contribution in [2.24, 2.45) is 0 Å². The van der Waals surface area contributed by atoms with Gasteiger partial charge in [-0.3, -0.25) is 4.79 Å². The molecule has 0 aliphatic rings. The number of aliphatic carboxylic acids is 1. The van der Waals surface area contributed by atoms with Gasteiger partial charge in [0.1, 0.15) is 24.0 Å². The summed E-state index contributed by atoms with van der Waals surface area (Å²) in [5.74, 6) is -0.561. The van der Waals surface area contributed by atoms with Crippen LogP contribution < -0.4 is 39.0 Å². The molecule has 0 amide bonds. The molecule has 1 unspecified atom stereocenters. The predicted molar refractivity (Wildman–Crippen MR) is 236 cm³/mol. The molecular weight excluding hydrogens is 864 g/mol. The molecule has 312 valence electrons. The number of nitroso groups, excluding NO2 is 1. The van der Waals surface area contributed by atoms with Crippen LogP contribution in [0.2, 0.25) is 0 Å². The number of Topliss-reactive ketones (excluding diaryl/α,β-unsaturated/α-hetero) is 1. The van der Waals surface area contributed by atoms with E-state index in [1.165, 1.54) is 88.8 Å². The van der Waals surface area contributed by atoms with Crippen LogP contribution in [0.1, 0.15) is 145 Å². The van der Waals surface area contributed by atoms with E-state index < -0.39 is 25.9 Å². The van der Waals surface area contributed by atoms with Crippen LogP contribution in [-0.2, 0) is 41.6 Å². The Labute approximate surface area is 383 Å². The predicted octanol–water partition coefficient (Wildman–Crippen LogP) is 7.50. The molecular formula is C32H67Cl4N3NaO7S5-. The Hall–Kier alpha value is 1.23. The average molecular weight is 931 g/mol. The van der Waals surface area contributed by atoms with E-state index in [2.05, 4.69) is 56.9 Å². The molecule has 20 heteroatoms. The molecule has 0 heterocycles. The van der Waals surface area contributed by atoms with E-state index in [1.807, 2.05) is 42.0 Å². The second-order valence-electron chi connectivity index (χ2n) is 10.8. The van der Waals surface area contributed by atoms with Crippen LogP contribution in [0, 0.1) is 4.91 Å². The summed E-state index contributed by atoms with van der Waals surface area (Å²) in [6, 6.07) is 0. The van der Waals surface area contributed by atoms with Crippen LogP contribution in [0.5, 0.6) is 0 Å². The topological polar surface area (TPSA) is 141 Å². The monoisotopic (exact) mass is 928 g/mol. The molecule has 1 N–H and O–H groups in total. The summed E-state index contributed by atoms with van der Waals surface area (Å²) in [5, 5.41) is 17.7. The maximum atomic E-state index is 10.9. The van der Waals surface area contributed by atoms with Crippen molar-refractivity contribution in [3.8, 4) is 0 Å². The second kappa shape index (κ2) is 58.9. The normalized spacial score (nSPS) is 9.96. The fourth-order valence-electron chi connectivity index (χ4n) is 2.27. The van der Waals surface area contributed by atoms with Gasteiger partial charge in [0.15, 0.2) is 4.30 Å². The summed E-state index contributed by atoms with van der Waals surface area (Å²) < 4.78 is 13.2. The third-order valence-electron chi connectivity index (χ3n) is 5.70. The van der Waals surface area contributed by atoms with Gasteiger partial charge in [0.05, 0.1) is 0 Å². The van der Waals surface area contributed by atoms with Gasteiger partial charge in [-0.2, -0.15) is 0 Å². The van der Waals surface area contributed by atoms with Gasteiger partial charge in [-0.1, -0.05) is 182 Å². The van der Waals surface area contributed by atoms with Crippen LogP contribution in [0.15, 0.2) is 0 Å². The Kier molecular flexibility index (Phi) is 84.1. The Morgan fingerprint density at radius 3 is 1.23 bits per heavy atom. The molecule has 0 saturated carbocycles. The number of hydrogen-bond acceptors (Lipinski definition) is 11. The standard InChI is InChI=1S/C8H15NO2S2.2C8H18.C4H8O.C3H7NS2.CHCl3.ClH.HNO4S.Na/c1-5-8(2,6(10)11)13-7(12)9(3)4;2*1-3-5-7-8-6-4-2;1-3-4(2)5;1-4(2)3(5)6;2-1(3)4;;2-1-6(4)5-3;/h5H2,1-4H3,(H,10,11);2*3-8H2,1-2H3;3H2,1-2H3;1-2H3,(H,5,6);1H;1H;3H;/q;;;;;;;;+1/p-2. The van der Waals surface area contributed by atoms with Crippen molar-refractivity contribution in [3.63, 3.8) is 0 Å². The molecule has 52 heavy (non-hydrogen) atoms. The zero-order valence-corrected chi connectivity index (χ0v) is 43.0. The molecule has 1 atom stereocenters. The number of thiocarbonyl (C=S) groups is 2. The van der Waals surface area contributed by atoms with E-state index in [-0.39, 0.29) is 47.7 Å². The van der Waals surface area contributed by atoms with Crippen LogP contribution in [0.3, 0.4) is 0 Å². The number of nitrogens with zero attached hydrogens (tertiary/aromatic N) is 3. The molecule has 0 aromatic heterocycles. The van der Waals surface area contributed by atoms with E-state index in [0.717, 1.165) is 0 Å². The Bertz CT molecular complexity index is 882. The first kappa shape index (κ1) is 74.2. The molecule has 0 aromatic rings. The SMILES string of the molecule is CCC(C)(SC(=S)N(C)C)C(=O)O.CCC(C)=O.CCCCCCCC.CCCCCCCC.CN(C)C(=S)[S-].Cl.ClC(Cl)Cl.O=[N+]=[S-](=O)O[O-].[Na+]. The quantitative estimate of drug-likeness (QED) is 0.0254. The van der Waals surface area contributed by atoms with Gasteiger partial charge in [0, 0.05) is 34.6 Å². The van der Waals surface area contributed by atoms with Crippen molar-refractivity contribution in [2.75, 3.05) is 28.2 Å². The number of halogens is 4. The first-order valence-corrected chi connectivity index (χ1v) is 21.0. The van der Waals surface area contributed by atoms with Crippen molar-refractivity contribution in [1.29, 1.82) is 0 Å². The fraction of sp³-hybridized carbons (Fsp3) is 0.875. The summed E-state index contributed by atoms with van der Waals surface area (Å²) in [4.78, 5) is 33.0. The van der Waals surface area contributed by atoms with Gasteiger partial charge in [-0.05, 0) is 20.3 Å². The van der Waals surface area contributed by atoms with E-state index >= 15 is 0 Å². The number of hydrogen-bond donors (Lipinski definition) is 1. The van der Waals surface area contributed by atoms with E-state index in [0.29, 0.717) is 21.5 Å². The summed E-state index contributed by atoms with van der Waals surface area (Å²) >= 11 is 29.8. The molecule has 0 aliphatic heterocycles. The molecule has 0 radical (unpaired) electrons. The smallest absolute Gasteiger partial charge is 0.740 e. The first-order valence-electron chi connectivity index (χ1n) is 16.6. The van der Waals surface area contributed by atoms with Crippen LogP contribution in [0.4, 0.5) is 0 Å². The number of unbranched alkanes of at least 4 members (excludes halogenated alkanes) is 10. The molecule has 0 spiro atoms. The van der Waals surface area contributed by atoms with Crippen molar-refractivity contribution in [3.05, 3.63) is 4.91 Å². The molecule has 0 saturated heterocycles. The summed E-state index contributed by atoms with van der Waals surface area (Å²) in [5.41, 5.74) is 0. The number of ketones is 1. The Morgan fingerprint density at radius 1 is 0.865 bits per heavy atom. The Balaban J connectivity index is -0.0000000609. The molecule has 0 aromatic carbocycles. The molecule has 10 nitrogen and oxygen atoms in total. The summed E-state index contributed by atoms with van der Waals surface area (Å²) in [6.07, 6.45) is 18.2. The third-order valence-corrected chi connectivity index (χ3v) is 8.74. The fourth-order valence-corrected chi connectivity index (χ4v) is 3.65. The van der Waals surface area contributed by atoms with Crippen molar-refractivity contribution >= 4 is 127 Å². The minimum atomic E-state index is -2.52.